The van der Waals surface area contributed by atoms with Crippen molar-refractivity contribution in [2.45, 2.75) is 44.1 Å². The third-order valence-corrected chi connectivity index (χ3v) is 6.17. The second kappa shape index (κ2) is 7.37. The van der Waals surface area contributed by atoms with E-state index in [1.54, 1.807) is 4.68 Å². The summed E-state index contributed by atoms with van der Waals surface area (Å²) in [7, 11) is 1.87. The standard InChI is InChI=1S/C20H29N5O2/c1-23-13-8-17(22-23)21-20(19(27)25-11-4-5-12-25)9-14-24(15-10-20)18(26)16-6-2-3-7-16/h2-3,8,13,16H,4-7,9-12,14-15H2,1H3,(H,21,22). The van der Waals surface area contributed by atoms with Crippen molar-refractivity contribution in [3.8, 4) is 0 Å². The van der Waals surface area contributed by atoms with Crippen LogP contribution in [0.4, 0.5) is 5.82 Å². The zero-order chi connectivity index (χ0) is 18.9. The molecule has 1 aromatic rings. The summed E-state index contributed by atoms with van der Waals surface area (Å²) in [5, 5.41) is 7.87. The number of hydrogen-bond donors (Lipinski definition) is 1. The lowest BCUT2D eigenvalue weighted by Gasteiger charge is -2.43. The van der Waals surface area contributed by atoms with Crippen molar-refractivity contribution >= 4 is 17.6 Å². The third kappa shape index (κ3) is 3.59. The first-order chi connectivity index (χ1) is 13.1. The number of nitrogens with one attached hydrogen (secondary N) is 1. The van der Waals surface area contributed by atoms with E-state index in [9.17, 15) is 9.59 Å². The van der Waals surface area contributed by atoms with Gasteiger partial charge in [0.2, 0.25) is 11.8 Å². The molecule has 146 valence electrons. The van der Waals surface area contributed by atoms with Crippen molar-refractivity contribution in [3.63, 3.8) is 0 Å². The predicted octanol–water partition coefficient (Wildman–Crippen LogP) is 1.78. The Bertz CT molecular complexity index is 718. The molecular weight excluding hydrogens is 342 g/mol. The summed E-state index contributed by atoms with van der Waals surface area (Å²) in [6.07, 6.45) is 11.2. The molecule has 7 heteroatoms. The first-order valence-electron chi connectivity index (χ1n) is 10.1. The van der Waals surface area contributed by atoms with Gasteiger partial charge in [-0.2, -0.15) is 5.10 Å². The molecule has 2 amide bonds. The summed E-state index contributed by atoms with van der Waals surface area (Å²) in [6.45, 7) is 2.91. The molecule has 3 heterocycles. The van der Waals surface area contributed by atoms with Crippen LogP contribution in [0.15, 0.2) is 24.4 Å². The van der Waals surface area contributed by atoms with Crippen LogP contribution in [-0.4, -0.2) is 63.1 Å². The fourth-order valence-corrected chi connectivity index (χ4v) is 4.53. The van der Waals surface area contributed by atoms with E-state index in [4.69, 9.17) is 0 Å². The normalized spacial score (nSPS) is 22.4. The predicted molar refractivity (Wildman–Crippen MR) is 103 cm³/mol. The summed E-state index contributed by atoms with van der Waals surface area (Å²) in [6, 6.07) is 1.90. The molecule has 1 aliphatic carbocycles. The molecule has 0 radical (unpaired) electrons. The quantitative estimate of drug-likeness (QED) is 0.819. The molecule has 2 fully saturated rings. The molecule has 0 unspecified atom stereocenters. The van der Waals surface area contributed by atoms with Crippen molar-refractivity contribution in [3.05, 3.63) is 24.4 Å². The smallest absolute Gasteiger partial charge is 0.248 e. The van der Waals surface area contributed by atoms with Crippen LogP contribution in [0.5, 0.6) is 0 Å². The molecule has 7 nitrogen and oxygen atoms in total. The van der Waals surface area contributed by atoms with Gasteiger partial charge in [-0.25, -0.2) is 0 Å². The lowest BCUT2D eigenvalue weighted by molar-refractivity contribution is -0.142. The third-order valence-electron chi connectivity index (χ3n) is 6.17. The fraction of sp³-hybridized carbons (Fsp3) is 0.650. The second-order valence-corrected chi connectivity index (χ2v) is 8.05. The average molecular weight is 371 g/mol. The molecule has 0 spiro atoms. The molecule has 0 atom stereocenters. The summed E-state index contributed by atoms with van der Waals surface area (Å²) >= 11 is 0. The molecule has 0 bridgehead atoms. The lowest BCUT2D eigenvalue weighted by Crippen LogP contribution is -2.60. The van der Waals surface area contributed by atoms with Crippen molar-refractivity contribution < 1.29 is 9.59 Å². The van der Waals surface area contributed by atoms with Gasteiger partial charge < -0.3 is 15.1 Å². The number of aryl methyl sites for hydroxylation is 1. The van der Waals surface area contributed by atoms with Gasteiger partial charge in [-0.15, -0.1) is 0 Å². The first kappa shape index (κ1) is 18.1. The topological polar surface area (TPSA) is 70.5 Å². The minimum atomic E-state index is -0.663. The molecule has 0 aromatic carbocycles. The first-order valence-corrected chi connectivity index (χ1v) is 10.1. The summed E-state index contributed by atoms with van der Waals surface area (Å²) in [4.78, 5) is 30.1. The van der Waals surface area contributed by atoms with Crippen LogP contribution in [0.1, 0.15) is 38.5 Å². The molecule has 3 aliphatic rings. The van der Waals surface area contributed by atoms with E-state index < -0.39 is 5.54 Å². The summed E-state index contributed by atoms with van der Waals surface area (Å²) in [5.74, 6) is 1.22. The van der Waals surface area contributed by atoms with E-state index in [1.165, 1.54) is 0 Å². The summed E-state index contributed by atoms with van der Waals surface area (Å²) in [5.41, 5.74) is -0.663. The number of rotatable bonds is 4. The van der Waals surface area contributed by atoms with E-state index in [1.807, 2.05) is 29.1 Å². The minimum absolute atomic E-state index is 0.0931. The van der Waals surface area contributed by atoms with E-state index in [-0.39, 0.29) is 17.7 Å². The van der Waals surface area contributed by atoms with Crippen LogP contribution in [0.3, 0.4) is 0 Å². The average Bonchev–Trinajstić information content (AvgIpc) is 3.44. The van der Waals surface area contributed by atoms with Gasteiger partial charge in [-0.05, 0) is 38.5 Å². The maximum atomic E-state index is 13.4. The number of carbonyl (C=O) groups excluding carboxylic acids is 2. The monoisotopic (exact) mass is 371 g/mol. The van der Waals surface area contributed by atoms with Crippen molar-refractivity contribution in [1.29, 1.82) is 0 Å². The summed E-state index contributed by atoms with van der Waals surface area (Å²) < 4.78 is 1.74. The lowest BCUT2D eigenvalue weighted by atomic mass is 9.85. The minimum Gasteiger partial charge on any atom is -0.354 e. The number of amides is 2. The van der Waals surface area contributed by atoms with Crippen LogP contribution in [0.2, 0.25) is 0 Å². The van der Waals surface area contributed by atoms with Crippen molar-refractivity contribution in [2.24, 2.45) is 13.0 Å². The molecule has 2 aliphatic heterocycles. The zero-order valence-electron chi connectivity index (χ0n) is 16.1. The Morgan fingerprint density at radius 1 is 1.07 bits per heavy atom. The largest absolute Gasteiger partial charge is 0.354 e. The van der Waals surface area contributed by atoms with Crippen LogP contribution in [-0.2, 0) is 16.6 Å². The SMILES string of the molecule is Cn1ccc(NC2(C(=O)N3CCCC3)CCN(C(=O)C3CC=CC3)CC2)n1. The molecule has 27 heavy (non-hydrogen) atoms. The van der Waals surface area contributed by atoms with Crippen LogP contribution >= 0.6 is 0 Å². The van der Waals surface area contributed by atoms with Gasteiger partial charge in [0.05, 0.1) is 0 Å². The van der Waals surface area contributed by atoms with Crippen LogP contribution in [0, 0.1) is 5.92 Å². The Balaban J connectivity index is 1.49. The maximum absolute atomic E-state index is 13.4. The number of nitrogens with zero attached hydrogens (tertiary/aromatic N) is 4. The van der Waals surface area contributed by atoms with Gasteiger partial charge in [0.15, 0.2) is 0 Å². The van der Waals surface area contributed by atoms with Crippen LogP contribution < -0.4 is 5.32 Å². The number of anilines is 1. The Morgan fingerprint density at radius 3 is 2.33 bits per heavy atom. The van der Waals surface area contributed by atoms with Crippen molar-refractivity contribution in [1.82, 2.24) is 19.6 Å². The van der Waals surface area contributed by atoms with Gasteiger partial charge in [0, 0.05) is 51.4 Å². The second-order valence-electron chi connectivity index (χ2n) is 8.05. The van der Waals surface area contributed by atoms with Gasteiger partial charge in [-0.1, -0.05) is 12.2 Å². The van der Waals surface area contributed by atoms with Gasteiger partial charge in [0.25, 0.3) is 0 Å². The highest BCUT2D eigenvalue weighted by Gasteiger charge is 2.45. The molecular formula is C20H29N5O2. The maximum Gasteiger partial charge on any atom is 0.248 e. The number of carbonyl (C=O) groups is 2. The number of allylic oxidation sites excluding steroid dienone is 2. The molecule has 1 N–H and O–H groups in total. The highest BCUT2D eigenvalue weighted by atomic mass is 16.2. The molecule has 4 rings (SSSR count). The van der Waals surface area contributed by atoms with E-state index in [0.29, 0.717) is 25.9 Å². The highest BCUT2D eigenvalue weighted by Crippen LogP contribution is 2.32. The van der Waals surface area contributed by atoms with E-state index in [0.717, 1.165) is 44.6 Å². The van der Waals surface area contributed by atoms with Gasteiger partial charge in [0.1, 0.15) is 11.4 Å². The molecule has 0 saturated carbocycles. The Hall–Kier alpha value is -2.31. The van der Waals surface area contributed by atoms with Gasteiger partial charge >= 0.3 is 0 Å². The Morgan fingerprint density at radius 2 is 1.74 bits per heavy atom. The number of hydrogen-bond acceptors (Lipinski definition) is 4. The molecule has 2 saturated heterocycles. The zero-order valence-corrected chi connectivity index (χ0v) is 16.1. The fourth-order valence-electron chi connectivity index (χ4n) is 4.53. The van der Waals surface area contributed by atoms with Gasteiger partial charge in [-0.3, -0.25) is 14.3 Å². The van der Waals surface area contributed by atoms with Crippen LogP contribution in [0.25, 0.3) is 0 Å². The van der Waals surface area contributed by atoms with Crippen molar-refractivity contribution in [2.75, 3.05) is 31.5 Å². The van der Waals surface area contributed by atoms with E-state index >= 15 is 0 Å². The number of piperidine rings is 1. The number of likely N-dealkylation sites (tertiary alicyclic amines) is 2. The van der Waals surface area contributed by atoms with E-state index in [2.05, 4.69) is 22.6 Å². The number of aromatic nitrogens is 2. The Labute approximate surface area is 160 Å². The Kier molecular flexibility index (Phi) is 4.93. The molecule has 1 aromatic heterocycles. The highest BCUT2D eigenvalue weighted by molar-refractivity contribution is 5.90.